The summed E-state index contributed by atoms with van der Waals surface area (Å²) in [6.45, 7) is 9.86. The number of carbonyl (C=O) groups excluding carboxylic acids is 3. The molecule has 0 saturated carbocycles. The summed E-state index contributed by atoms with van der Waals surface area (Å²) in [5, 5.41) is 16.4. The lowest BCUT2D eigenvalue weighted by Crippen LogP contribution is -2.60. The van der Waals surface area contributed by atoms with Gasteiger partial charge in [-0.15, -0.1) is 11.8 Å². The first-order valence-corrected chi connectivity index (χ1v) is 13.1. The first-order valence-electron chi connectivity index (χ1n) is 12.2. The van der Waals surface area contributed by atoms with Crippen molar-refractivity contribution in [2.75, 3.05) is 6.61 Å². The second-order valence-electron chi connectivity index (χ2n) is 11.2. The van der Waals surface area contributed by atoms with E-state index in [2.05, 4.69) is 10.6 Å². The van der Waals surface area contributed by atoms with Gasteiger partial charge < -0.3 is 20.6 Å². The molecule has 3 saturated heterocycles. The minimum Gasteiger partial charge on any atom is -0.394 e. The van der Waals surface area contributed by atoms with Crippen molar-refractivity contribution in [3.63, 3.8) is 0 Å². The molecule has 8 heteroatoms. The van der Waals surface area contributed by atoms with Gasteiger partial charge in [0.2, 0.25) is 17.7 Å². The average Bonchev–Trinajstić information content (AvgIpc) is 3.40. The van der Waals surface area contributed by atoms with Gasteiger partial charge in [-0.3, -0.25) is 14.4 Å². The van der Waals surface area contributed by atoms with Crippen LogP contribution < -0.4 is 10.6 Å². The highest BCUT2D eigenvalue weighted by Gasteiger charge is 2.74. The van der Waals surface area contributed by atoms with Crippen molar-refractivity contribution in [3.05, 3.63) is 35.9 Å². The zero-order chi connectivity index (χ0) is 24.8. The van der Waals surface area contributed by atoms with Crippen LogP contribution in [0.25, 0.3) is 0 Å². The molecule has 0 aromatic heterocycles. The second-order valence-corrected chi connectivity index (χ2v) is 12.8. The first kappa shape index (κ1) is 25.0. The SMILES string of the molecule is CC(C)[C@H](CO)N1C(=O)[C@@H]2[C@H](C(=O)NCc3ccccc3)[C@@H]3CCC2(S3)C1C(=O)NC(C)(C)C. The Morgan fingerprint density at radius 3 is 2.47 bits per heavy atom. The molecule has 2 unspecified atom stereocenters. The van der Waals surface area contributed by atoms with Gasteiger partial charge in [-0.25, -0.2) is 0 Å². The molecule has 1 aromatic carbocycles. The molecule has 0 aliphatic carbocycles. The average molecular weight is 488 g/mol. The maximum absolute atomic E-state index is 14.0. The number of hydrogen-bond acceptors (Lipinski definition) is 5. The van der Waals surface area contributed by atoms with Gasteiger partial charge in [0.1, 0.15) is 6.04 Å². The molecule has 7 nitrogen and oxygen atoms in total. The van der Waals surface area contributed by atoms with Crippen molar-refractivity contribution < 1.29 is 19.5 Å². The van der Waals surface area contributed by atoms with E-state index in [0.29, 0.717) is 6.54 Å². The van der Waals surface area contributed by atoms with E-state index in [4.69, 9.17) is 0 Å². The maximum Gasteiger partial charge on any atom is 0.244 e. The lowest BCUT2D eigenvalue weighted by Gasteiger charge is -2.39. The fourth-order valence-corrected chi connectivity index (χ4v) is 8.22. The maximum atomic E-state index is 14.0. The molecule has 1 spiro atoms. The number of benzene rings is 1. The normalized spacial score (nSPS) is 31.0. The van der Waals surface area contributed by atoms with Crippen molar-refractivity contribution in [1.29, 1.82) is 0 Å². The van der Waals surface area contributed by atoms with E-state index in [1.807, 2.05) is 65.0 Å². The van der Waals surface area contributed by atoms with Crippen molar-refractivity contribution in [1.82, 2.24) is 15.5 Å². The van der Waals surface area contributed by atoms with E-state index in [9.17, 15) is 19.5 Å². The van der Waals surface area contributed by atoms with Crippen molar-refractivity contribution in [3.8, 4) is 0 Å². The quantitative estimate of drug-likeness (QED) is 0.548. The summed E-state index contributed by atoms with van der Waals surface area (Å²) in [7, 11) is 0. The highest BCUT2D eigenvalue weighted by Crippen LogP contribution is 2.66. The van der Waals surface area contributed by atoms with E-state index in [-0.39, 0.29) is 35.5 Å². The molecule has 3 amide bonds. The lowest BCUT2D eigenvalue weighted by atomic mass is 9.70. The topological polar surface area (TPSA) is 98.7 Å². The highest BCUT2D eigenvalue weighted by atomic mass is 32.2. The predicted molar refractivity (Wildman–Crippen MR) is 133 cm³/mol. The third-order valence-electron chi connectivity index (χ3n) is 7.41. The van der Waals surface area contributed by atoms with Crippen LogP contribution in [0.1, 0.15) is 53.0 Å². The minimum atomic E-state index is -0.703. The van der Waals surface area contributed by atoms with Crippen LogP contribution in [0.5, 0.6) is 0 Å². The Hall–Kier alpha value is -2.06. The number of nitrogens with zero attached hydrogens (tertiary/aromatic N) is 1. The van der Waals surface area contributed by atoms with Crippen molar-refractivity contribution in [2.45, 2.75) is 81.6 Å². The van der Waals surface area contributed by atoms with Crippen LogP contribution in [0, 0.1) is 17.8 Å². The van der Waals surface area contributed by atoms with Gasteiger partial charge in [0.25, 0.3) is 0 Å². The van der Waals surface area contributed by atoms with Crippen LogP contribution in [0.2, 0.25) is 0 Å². The number of thioether (sulfide) groups is 1. The van der Waals surface area contributed by atoms with Gasteiger partial charge in [-0.1, -0.05) is 44.2 Å². The Morgan fingerprint density at radius 1 is 1.21 bits per heavy atom. The molecule has 1 aromatic rings. The summed E-state index contributed by atoms with van der Waals surface area (Å²) in [4.78, 5) is 42.7. The molecular weight excluding hydrogens is 450 g/mol. The molecule has 3 fully saturated rings. The zero-order valence-corrected chi connectivity index (χ0v) is 21.5. The summed E-state index contributed by atoms with van der Waals surface area (Å²) >= 11 is 1.65. The van der Waals surface area contributed by atoms with Gasteiger partial charge in [-0.05, 0) is 45.1 Å². The molecule has 3 aliphatic rings. The van der Waals surface area contributed by atoms with Crippen LogP contribution in [-0.2, 0) is 20.9 Å². The van der Waals surface area contributed by atoms with Crippen LogP contribution in [0.4, 0.5) is 0 Å². The molecule has 0 radical (unpaired) electrons. The Kier molecular flexibility index (Phi) is 6.77. The van der Waals surface area contributed by atoms with Crippen molar-refractivity contribution >= 4 is 29.5 Å². The number of fused-ring (bicyclic) bond motifs is 1. The summed E-state index contributed by atoms with van der Waals surface area (Å²) in [5.41, 5.74) is 0.546. The van der Waals surface area contributed by atoms with E-state index in [1.165, 1.54) is 0 Å². The van der Waals surface area contributed by atoms with Crippen molar-refractivity contribution in [2.24, 2.45) is 17.8 Å². The molecule has 34 heavy (non-hydrogen) atoms. The van der Waals surface area contributed by atoms with E-state index in [1.54, 1.807) is 16.7 Å². The minimum absolute atomic E-state index is 0.0171. The Labute approximate surface area is 206 Å². The van der Waals surface area contributed by atoms with Crippen LogP contribution in [-0.4, -0.2) is 62.0 Å². The number of nitrogens with one attached hydrogen (secondary N) is 2. The number of rotatable bonds is 7. The smallest absolute Gasteiger partial charge is 0.244 e. The number of amides is 3. The first-order chi connectivity index (χ1) is 16.0. The van der Waals surface area contributed by atoms with Crippen LogP contribution >= 0.6 is 11.8 Å². The molecular formula is C26H37N3O4S. The molecule has 3 aliphatic heterocycles. The number of aliphatic hydroxyl groups is 1. The Bertz CT molecular complexity index is 947. The Balaban J connectivity index is 1.67. The Morgan fingerprint density at radius 2 is 1.88 bits per heavy atom. The number of likely N-dealkylation sites (tertiary alicyclic amines) is 1. The molecule has 2 bridgehead atoms. The van der Waals surface area contributed by atoms with Gasteiger partial charge in [0, 0.05) is 17.3 Å². The molecule has 6 atom stereocenters. The number of hydrogen-bond donors (Lipinski definition) is 3. The van der Waals surface area contributed by atoms with Gasteiger partial charge >= 0.3 is 0 Å². The van der Waals surface area contributed by atoms with Gasteiger partial charge in [-0.2, -0.15) is 0 Å². The third kappa shape index (κ3) is 4.24. The fourth-order valence-electron chi connectivity index (χ4n) is 6.01. The molecule has 3 N–H and O–H groups in total. The standard InChI is InChI=1S/C26H37N3O4S/c1-15(2)17(14-30)29-21(23(32)28-25(3,4)5)26-12-11-18(34-26)19(20(26)24(29)33)22(31)27-13-16-9-7-6-8-10-16/h6-10,15,17-21,30H,11-14H2,1-5H3,(H,27,31)(H,28,32)/t17-,18-,19+,20-,21?,26?/m0/s1. The zero-order valence-electron chi connectivity index (χ0n) is 20.7. The number of aliphatic hydroxyl groups excluding tert-OH is 1. The number of carbonyl (C=O) groups is 3. The summed E-state index contributed by atoms with van der Waals surface area (Å²) < 4.78 is -0.645. The molecule has 186 valence electrons. The lowest BCUT2D eigenvalue weighted by molar-refractivity contribution is -0.144. The van der Waals surface area contributed by atoms with Gasteiger partial charge in [0.15, 0.2) is 0 Å². The fraction of sp³-hybridized carbons (Fsp3) is 0.654. The summed E-state index contributed by atoms with van der Waals surface area (Å²) in [6, 6.07) is 8.54. The van der Waals surface area contributed by atoms with Crippen LogP contribution in [0.15, 0.2) is 30.3 Å². The largest absolute Gasteiger partial charge is 0.394 e. The third-order valence-corrected chi connectivity index (χ3v) is 9.36. The predicted octanol–water partition coefficient (Wildman–Crippen LogP) is 2.33. The van der Waals surface area contributed by atoms with E-state index >= 15 is 0 Å². The second kappa shape index (κ2) is 9.19. The monoisotopic (exact) mass is 487 g/mol. The van der Waals surface area contributed by atoms with E-state index in [0.717, 1.165) is 18.4 Å². The molecule has 3 heterocycles. The summed E-state index contributed by atoms with van der Waals surface area (Å²) in [5.74, 6) is -1.55. The van der Waals surface area contributed by atoms with E-state index < -0.39 is 34.2 Å². The van der Waals surface area contributed by atoms with Crippen LogP contribution in [0.3, 0.4) is 0 Å². The summed E-state index contributed by atoms with van der Waals surface area (Å²) in [6.07, 6.45) is 1.52. The van der Waals surface area contributed by atoms with Gasteiger partial charge in [0.05, 0.1) is 29.2 Å². The molecule has 4 rings (SSSR count). The highest BCUT2D eigenvalue weighted by molar-refractivity contribution is 8.02.